The van der Waals surface area contributed by atoms with E-state index in [-0.39, 0.29) is 0 Å². The minimum absolute atomic E-state index is 0.419. The molecule has 0 amide bonds. The Morgan fingerprint density at radius 3 is 2.83 bits per heavy atom. The van der Waals surface area contributed by atoms with E-state index in [9.17, 15) is 0 Å². The van der Waals surface area contributed by atoms with Crippen molar-refractivity contribution in [1.29, 1.82) is 0 Å². The predicted molar refractivity (Wildman–Crippen MR) is 69.3 cm³/mol. The molecule has 2 rings (SSSR count). The van der Waals surface area contributed by atoms with E-state index in [1.807, 2.05) is 6.07 Å². The number of H-pyrrole nitrogens is 1. The maximum absolute atomic E-state index is 4.23. The van der Waals surface area contributed by atoms with E-state index >= 15 is 0 Å². The van der Waals surface area contributed by atoms with Crippen molar-refractivity contribution in [2.45, 2.75) is 32.6 Å². The van der Waals surface area contributed by atoms with E-state index in [1.54, 1.807) is 6.33 Å². The van der Waals surface area contributed by atoms with E-state index in [2.05, 4.69) is 44.3 Å². The minimum Gasteiger partial charge on any atom is -0.370 e. The van der Waals surface area contributed by atoms with Gasteiger partial charge in [-0.25, -0.2) is 15.0 Å². The Labute approximate surface area is 106 Å². The molecule has 0 atom stereocenters. The fourth-order valence-corrected chi connectivity index (χ4v) is 1.61. The number of nitrogens with one attached hydrogen (secondary N) is 2. The predicted octanol–water partition coefficient (Wildman–Crippen LogP) is 1.76. The van der Waals surface area contributed by atoms with Crippen molar-refractivity contribution >= 4 is 5.82 Å². The van der Waals surface area contributed by atoms with Crippen molar-refractivity contribution in [2.24, 2.45) is 0 Å². The molecule has 0 saturated heterocycles. The second-order valence-corrected chi connectivity index (χ2v) is 4.45. The van der Waals surface area contributed by atoms with E-state index in [0.717, 1.165) is 36.7 Å². The molecule has 0 spiro atoms. The molecule has 0 aliphatic heterocycles. The molecule has 0 saturated carbocycles. The highest BCUT2D eigenvalue weighted by molar-refractivity contribution is 5.35. The van der Waals surface area contributed by atoms with Gasteiger partial charge in [0.05, 0.1) is 0 Å². The summed E-state index contributed by atoms with van der Waals surface area (Å²) < 4.78 is 0. The zero-order chi connectivity index (χ0) is 12.8. The van der Waals surface area contributed by atoms with Gasteiger partial charge in [0, 0.05) is 24.7 Å². The average Bonchev–Trinajstić information content (AvgIpc) is 2.88. The number of aromatic amines is 1. The number of nitrogens with zero attached hydrogens (tertiary/aromatic N) is 4. The van der Waals surface area contributed by atoms with Crippen LogP contribution in [0.5, 0.6) is 0 Å². The average molecular weight is 246 g/mol. The highest BCUT2D eigenvalue weighted by Crippen LogP contribution is 2.13. The monoisotopic (exact) mass is 246 g/mol. The quantitative estimate of drug-likeness (QED) is 0.759. The second-order valence-electron chi connectivity index (χ2n) is 4.45. The highest BCUT2D eigenvalue weighted by Gasteiger charge is 2.02. The molecule has 0 aliphatic carbocycles. The highest BCUT2D eigenvalue weighted by atomic mass is 15.2. The summed E-state index contributed by atoms with van der Waals surface area (Å²) >= 11 is 0. The molecule has 96 valence electrons. The number of hydrogen-bond donors (Lipinski definition) is 2. The zero-order valence-electron chi connectivity index (χ0n) is 10.7. The lowest BCUT2D eigenvalue weighted by Crippen LogP contribution is -2.06. The summed E-state index contributed by atoms with van der Waals surface area (Å²) in [4.78, 5) is 12.5. The topological polar surface area (TPSA) is 79.4 Å². The van der Waals surface area contributed by atoms with Crippen LogP contribution in [-0.2, 0) is 6.42 Å². The zero-order valence-corrected chi connectivity index (χ0v) is 10.7. The molecule has 0 unspecified atom stereocenters. The van der Waals surface area contributed by atoms with E-state index in [4.69, 9.17) is 0 Å². The molecule has 18 heavy (non-hydrogen) atoms. The van der Waals surface area contributed by atoms with Gasteiger partial charge in [0.25, 0.3) is 0 Å². The van der Waals surface area contributed by atoms with Crippen LogP contribution in [0.2, 0.25) is 0 Å². The van der Waals surface area contributed by atoms with Gasteiger partial charge in [0.1, 0.15) is 24.3 Å². The normalized spacial score (nSPS) is 10.8. The summed E-state index contributed by atoms with van der Waals surface area (Å²) in [5.41, 5.74) is 1.06. The van der Waals surface area contributed by atoms with Gasteiger partial charge >= 0.3 is 0 Å². The molecular weight excluding hydrogens is 228 g/mol. The van der Waals surface area contributed by atoms with Crippen LogP contribution in [0, 0.1) is 0 Å². The molecule has 0 radical (unpaired) electrons. The fraction of sp³-hybridized carbons (Fsp3) is 0.500. The van der Waals surface area contributed by atoms with Crippen molar-refractivity contribution in [3.63, 3.8) is 0 Å². The Balaban J connectivity index is 1.78. The Morgan fingerprint density at radius 2 is 2.11 bits per heavy atom. The van der Waals surface area contributed by atoms with Crippen molar-refractivity contribution in [3.8, 4) is 0 Å². The van der Waals surface area contributed by atoms with Crippen LogP contribution in [0.3, 0.4) is 0 Å². The lowest BCUT2D eigenvalue weighted by molar-refractivity contribution is 0.795. The molecule has 2 aromatic heterocycles. The van der Waals surface area contributed by atoms with Crippen LogP contribution in [0.1, 0.15) is 37.7 Å². The standard InChI is InChI=1S/C12H18N6/c1-9(2)10-6-12(15-7-14-10)13-5-3-4-11-16-8-17-18-11/h6-9H,3-5H2,1-2H3,(H,13,14,15)(H,16,17,18). The van der Waals surface area contributed by atoms with Crippen LogP contribution in [0.25, 0.3) is 0 Å². The third-order valence-electron chi connectivity index (χ3n) is 2.64. The summed E-state index contributed by atoms with van der Waals surface area (Å²) in [6, 6.07) is 2.00. The van der Waals surface area contributed by atoms with Gasteiger partial charge in [0.15, 0.2) is 0 Å². The van der Waals surface area contributed by atoms with Gasteiger partial charge < -0.3 is 5.32 Å². The minimum atomic E-state index is 0.419. The lowest BCUT2D eigenvalue weighted by Gasteiger charge is -2.08. The van der Waals surface area contributed by atoms with E-state index in [0.29, 0.717) is 5.92 Å². The van der Waals surface area contributed by atoms with Gasteiger partial charge in [-0.1, -0.05) is 13.8 Å². The molecule has 6 heteroatoms. The first-order valence-electron chi connectivity index (χ1n) is 6.16. The maximum atomic E-state index is 4.23. The molecule has 0 aromatic carbocycles. The Morgan fingerprint density at radius 1 is 1.22 bits per heavy atom. The molecule has 2 aromatic rings. The molecule has 0 aliphatic rings. The molecule has 0 fully saturated rings. The van der Waals surface area contributed by atoms with Crippen LogP contribution >= 0.6 is 0 Å². The smallest absolute Gasteiger partial charge is 0.137 e. The van der Waals surface area contributed by atoms with E-state index in [1.165, 1.54) is 6.33 Å². The van der Waals surface area contributed by atoms with Crippen molar-refractivity contribution < 1.29 is 0 Å². The van der Waals surface area contributed by atoms with Gasteiger partial charge in [-0.2, -0.15) is 5.10 Å². The fourth-order valence-electron chi connectivity index (χ4n) is 1.61. The maximum Gasteiger partial charge on any atom is 0.137 e. The Kier molecular flexibility index (Phi) is 4.22. The van der Waals surface area contributed by atoms with Gasteiger partial charge in [-0.05, 0) is 12.3 Å². The van der Waals surface area contributed by atoms with Gasteiger partial charge in [0.2, 0.25) is 0 Å². The van der Waals surface area contributed by atoms with Crippen LogP contribution in [0.15, 0.2) is 18.7 Å². The first-order valence-corrected chi connectivity index (χ1v) is 6.16. The third kappa shape index (κ3) is 3.51. The summed E-state index contributed by atoms with van der Waals surface area (Å²) in [6.07, 6.45) is 5.00. The molecule has 6 nitrogen and oxygen atoms in total. The SMILES string of the molecule is CC(C)c1cc(NCCCc2ncn[nH]2)ncn1. The Hall–Kier alpha value is -1.98. The number of aromatic nitrogens is 5. The molecular formula is C12H18N6. The lowest BCUT2D eigenvalue weighted by atomic mass is 10.1. The summed E-state index contributed by atoms with van der Waals surface area (Å²) in [7, 11) is 0. The Bertz CT molecular complexity index is 465. The number of hydrogen-bond acceptors (Lipinski definition) is 5. The second kappa shape index (κ2) is 6.09. The first kappa shape index (κ1) is 12.5. The van der Waals surface area contributed by atoms with Crippen LogP contribution in [-0.4, -0.2) is 31.7 Å². The molecule has 2 N–H and O–H groups in total. The summed E-state index contributed by atoms with van der Waals surface area (Å²) in [6.45, 7) is 5.10. The van der Waals surface area contributed by atoms with E-state index < -0.39 is 0 Å². The van der Waals surface area contributed by atoms with Crippen molar-refractivity contribution in [3.05, 3.63) is 30.2 Å². The number of anilines is 1. The largest absolute Gasteiger partial charge is 0.370 e. The van der Waals surface area contributed by atoms with Gasteiger partial charge in [-0.15, -0.1) is 0 Å². The van der Waals surface area contributed by atoms with Gasteiger partial charge in [-0.3, -0.25) is 5.10 Å². The van der Waals surface area contributed by atoms with Crippen molar-refractivity contribution in [2.75, 3.05) is 11.9 Å². The van der Waals surface area contributed by atoms with Crippen LogP contribution in [0.4, 0.5) is 5.82 Å². The van der Waals surface area contributed by atoms with Crippen molar-refractivity contribution in [1.82, 2.24) is 25.1 Å². The molecule has 0 bridgehead atoms. The molecule has 2 heterocycles. The first-order chi connectivity index (χ1) is 8.75. The third-order valence-corrected chi connectivity index (χ3v) is 2.64. The number of rotatable bonds is 6. The summed E-state index contributed by atoms with van der Waals surface area (Å²) in [5, 5.41) is 9.95. The summed E-state index contributed by atoms with van der Waals surface area (Å²) in [5.74, 6) is 2.22. The number of aryl methyl sites for hydroxylation is 1. The van der Waals surface area contributed by atoms with Crippen LogP contribution < -0.4 is 5.32 Å².